The smallest absolute Gasteiger partial charge is 0.306 e. The van der Waals surface area contributed by atoms with Gasteiger partial charge in [-0.3, -0.25) is 9.59 Å². The molecule has 20 heavy (non-hydrogen) atoms. The largest absolute Gasteiger partial charge is 0.481 e. The minimum absolute atomic E-state index is 0.180. The number of amides is 1. The highest BCUT2D eigenvalue weighted by Gasteiger charge is 2.31. The summed E-state index contributed by atoms with van der Waals surface area (Å²) >= 11 is 11.8. The van der Waals surface area contributed by atoms with E-state index < -0.39 is 11.9 Å². The molecule has 1 aromatic carbocycles. The van der Waals surface area contributed by atoms with Gasteiger partial charge in [-0.15, -0.1) is 0 Å². The van der Waals surface area contributed by atoms with Crippen molar-refractivity contribution in [1.29, 1.82) is 0 Å². The lowest BCUT2D eigenvalue weighted by Gasteiger charge is -2.25. The first-order valence-corrected chi connectivity index (χ1v) is 7.21. The minimum atomic E-state index is -0.827. The second kappa shape index (κ2) is 6.46. The van der Waals surface area contributed by atoms with Gasteiger partial charge in [0.2, 0.25) is 5.91 Å². The molecule has 4 nitrogen and oxygen atoms in total. The fourth-order valence-electron chi connectivity index (χ4n) is 2.48. The SMILES string of the molecule is O=C(O)C1CCCC(C(=O)Nc2ccc(Cl)cc2Cl)C1. The highest BCUT2D eigenvalue weighted by molar-refractivity contribution is 6.36. The Morgan fingerprint density at radius 2 is 1.90 bits per heavy atom. The van der Waals surface area contributed by atoms with Gasteiger partial charge in [0.05, 0.1) is 16.6 Å². The van der Waals surface area contributed by atoms with Gasteiger partial charge in [0, 0.05) is 10.9 Å². The minimum Gasteiger partial charge on any atom is -0.481 e. The van der Waals surface area contributed by atoms with Gasteiger partial charge in [-0.1, -0.05) is 29.6 Å². The lowest BCUT2D eigenvalue weighted by molar-refractivity contribution is -0.143. The molecule has 1 saturated carbocycles. The zero-order valence-electron chi connectivity index (χ0n) is 10.7. The molecule has 1 aromatic rings. The Hall–Kier alpha value is -1.26. The van der Waals surface area contributed by atoms with Crippen LogP contribution >= 0.6 is 23.2 Å². The molecule has 2 unspecified atom stereocenters. The Kier molecular flexibility index (Phi) is 4.89. The number of hydrogen-bond donors (Lipinski definition) is 2. The molecule has 1 aliphatic rings. The Labute approximate surface area is 127 Å². The summed E-state index contributed by atoms with van der Waals surface area (Å²) in [5.74, 6) is -1.72. The van der Waals surface area contributed by atoms with Crippen LogP contribution in [0.4, 0.5) is 5.69 Å². The second-order valence-corrected chi connectivity index (χ2v) is 5.86. The summed E-state index contributed by atoms with van der Waals surface area (Å²) in [7, 11) is 0. The van der Waals surface area contributed by atoms with Crippen LogP contribution in [0.3, 0.4) is 0 Å². The van der Waals surface area contributed by atoms with E-state index in [1.807, 2.05) is 0 Å². The third-order valence-electron chi connectivity index (χ3n) is 3.58. The van der Waals surface area contributed by atoms with Crippen molar-refractivity contribution < 1.29 is 14.7 Å². The van der Waals surface area contributed by atoms with Crippen molar-refractivity contribution in [2.75, 3.05) is 5.32 Å². The fraction of sp³-hybridized carbons (Fsp3) is 0.429. The van der Waals surface area contributed by atoms with Crippen LogP contribution < -0.4 is 5.32 Å². The number of carboxylic acids is 1. The summed E-state index contributed by atoms with van der Waals surface area (Å²) < 4.78 is 0. The molecule has 1 aliphatic carbocycles. The number of halogens is 2. The lowest BCUT2D eigenvalue weighted by atomic mass is 9.81. The molecule has 0 bridgehead atoms. The summed E-state index contributed by atoms with van der Waals surface area (Å²) in [5, 5.41) is 12.6. The molecule has 0 aliphatic heterocycles. The number of rotatable bonds is 3. The van der Waals surface area contributed by atoms with Crippen molar-refractivity contribution in [3.8, 4) is 0 Å². The number of carboxylic acid groups (broad SMARTS) is 1. The van der Waals surface area contributed by atoms with Crippen LogP contribution in [-0.2, 0) is 9.59 Å². The average molecular weight is 316 g/mol. The molecule has 0 radical (unpaired) electrons. The molecule has 0 saturated heterocycles. The summed E-state index contributed by atoms with van der Waals surface area (Å²) in [6, 6.07) is 4.84. The van der Waals surface area contributed by atoms with Gasteiger partial charge in [-0.05, 0) is 37.5 Å². The van der Waals surface area contributed by atoms with E-state index in [-0.39, 0.29) is 11.8 Å². The van der Waals surface area contributed by atoms with Crippen LogP contribution in [0.5, 0.6) is 0 Å². The maximum atomic E-state index is 12.2. The summed E-state index contributed by atoms with van der Waals surface area (Å²) in [6.45, 7) is 0. The number of carbonyl (C=O) groups is 2. The van der Waals surface area contributed by atoms with Crippen molar-refractivity contribution in [3.05, 3.63) is 28.2 Å². The van der Waals surface area contributed by atoms with E-state index in [0.29, 0.717) is 35.0 Å². The molecule has 1 amide bonds. The molecule has 1 fully saturated rings. The fourth-order valence-corrected chi connectivity index (χ4v) is 2.93. The van der Waals surface area contributed by atoms with Crippen LogP contribution in [0, 0.1) is 11.8 Å². The van der Waals surface area contributed by atoms with Crippen LogP contribution in [0.15, 0.2) is 18.2 Å². The third-order valence-corrected chi connectivity index (χ3v) is 4.13. The number of anilines is 1. The van der Waals surface area contributed by atoms with E-state index in [1.165, 1.54) is 0 Å². The van der Waals surface area contributed by atoms with Crippen molar-refractivity contribution in [2.24, 2.45) is 11.8 Å². The van der Waals surface area contributed by atoms with E-state index in [9.17, 15) is 9.59 Å². The standard InChI is InChI=1S/C14H15Cl2NO3/c15-10-4-5-12(11(16)7-10)17-13(18)8-2-1-3-9(6-8)14(19)20/h4-5,7-9H,1-3,6H2,(H,17,18)(H,19,20). The van der Waals surface area contributed by atoms with Gasteiger partial charge in [0.25, 0.3) is 0 Å². The zero-order valence-corrected chi connectivity index (χ0v) is 12.2. The van der Waals surface area contributed by atoms with E-state index >= 15 is 0 Å². The Balaban J connectivity index is 2.02. The van der Waals surface area contributed by atoms with E-state index in [2.05, 4.69) is 5.32 Å². The maximum Gasteiger partial charge on any atom is 0.306 e. The normalized spacial score (nSPS) is 22.3. The number of nitrogens with one attached hydrogen (secondary N) is 1. The molecule has 0 spiro atoms. The van der Waals surface area contributed by atoms with Crippen LogP contribution in [-0.4, -0.2) is 17.0 Å². The second-order valence-electron chi connectivity index (χ2n) is 5.01. The highest BCUT2D eigenvalue weighted by atomic mass is 35.5. The Morgan fingerprint density at radius 1 is 1.20 bits per heavy atom. The monoisotopic (exact) mass is 315 g/mol. The van der Waals surface area contributed by atoms with Gasteiger partial charge >= 0.3 is 5.97 Å². The van der Waals surface area contributed by atoms with Gasteiger partial charge < -0.3 is 10.4 Å². The first-order chi connectivity index (χ1) is 9.47. The van der Waals surface area contributed by atoms with Gasteiger partial charge in [0.15, 0.2) is 0 Å². The zero-order chi connectivity index (χ0) is 14.7. The Morgan fingerprint density at radius 3 is 2.55 bits per heavy atom. The summed E-state index contributed by atoms with van der Waals surface area (Å²) in [4.78, 5) is 23.2. The lowest BCUT2D eigenvalue weighted by Crippen LogP contribution is -2.31. The first-order valence-electron chi connectivity index (χ1n) is 6.46. The first kappa shape index (κ1) is 15.1. The summed E-state index contributed by atoms with van der Waals surface area (Å²) in [6.07, 6.45) is 2.48. The van der Waals surface area contributed by atoms with Crippen molar-refractivity contribution in [2.45, 2.75) is 25.7 Å². The van der Waals surface area contributed by atoms with Crippen molar-refractivity contribution in [1.82, 2.24) is 0 Å². The quantitative estimate of drug-likeness (QED) is 0.891. The van der Waals surface area contributed by atoms with Crippen LogP contribution in [0.2, 0.25) is 10.0 Å². The van der Waals surface area contributed by atoms with E-state index in [1.54, 1.807) is 18.2 Å². The number of hydrogen-bond acceptors (Lipinski definition) is 2. The molecule has 6 heteroatoms. The maximum absolute atomic E-state index is 12.2. The van der Waals surface area contributed by atoms with Gasteiger partial charge in [-0.2, -0.15) is 0 Å². The van der Waals surface area contributed by atoms with E-state index in [4.69, 9.17) is 28.3 Å². The molecule has 0 heterocycles. The molecular formula is C14H15Cl2NO3. The van der Waals surface area contributed by atoms with Gasteiger partial charge in [0.1, 0.15) is 0 Å². The molecule has 108 valence electrons. The van der Waals surface area contributed by atoms with Crippen LogP contribution in [0.25, 0.3) is 0 Å². The predicted octanol–water partition coefficient (Wildman–Crippen LogP) is 3.82. The molecule has 2 rings (SSSR count). The molecule has 0 aromatic heterocycles. The van der Waals surface area contributed by atoms with Crippen LogP contribution in [0.1, 0.15) is 25.7 Å². The highest BCUT2D eigenvalue weighted by Crippen LogP contribution is 2.31. The molecule has 2 atom stereocenters. The number of aliphatic carboxylic acids is 1. The van der Waals surface area contributed by atoms with Crippen molar-refractivity contribution >= 4 is 40.8 Å². The molecule has 2 N–H and O–H groups in total. The molecular weight excluding hydrogens is 301 g/mol. The number of carbonyl (C=O) groups excluding carboxylic acids is 1. The topological polar surface area (TPSA) is 66.4 Å². The third kappa shape index (κ3) is 3.64. The van der Waals surface area contributed by atoms with Crippen molar-refractivity contribution in [3.63, 3.8) is 0 Å². The average Bonchev–Trinajstić information content (AvgIpc) is 2.42. The van der Waals surface area contributed by atoms with Gasteiger partial charge in [-0.25, -0.2) is 0 Å². The van der Waals surface area contributed by atoms with E-state index in [0.717, 1.165) is 6.42 Å². The number of benzene rings is 1. The Bertz CT molecular complexity index is 533. The predicted molar refractivity (Wildman–Crippen MR) is 78.2 cm³/mol. The summed E-state index contributed by atoms with van der Waals surface area (Å²) in [5.41, 5.74) is 0.499.